The van der Waals surface area contributed by atoms with E-state index in [1.165, 1.54) is 0 Å². The zero-order valence-electron chi connectivity index (χ0n) is 18.5. The van der Waals surface area contributed by atoms with Crippen LogP contribution < -0.4 is 10.4 Å². The van der Waals surface area contributed by atoms with Crippen LogP contribution in [0.15, 0.2) is 76.3 Å². The lowest BCUT2D eigenvalue weighted by Gasteiger charge is -2.27. The summed E-state index contributed by atoms with van der Waals surface area (Å²) in [6, 6.07) is 16.9. The van der Waals surface area contributed by atoms with E-state index < -0.39 is 11.7 Å². The average Bonchev–Trinajstić information content (AvgIpc) is 3.11. The SMILES string of the molecule is CC(C)(C)OC(=O)N(CCOc1ccccc1)CCn1ccn(-c2ccc(Br)cc2)c1=O. The third kappa shape index (κ3) is 6.75. The van der Waals surface area contributed by atoms with Gasteiger partial charge in [0.25, 0.3) is 0 Å². The summed E-state index contributed by atoms with van der Waals surface area (Å²) in [5.41, 5.74) is -0.00797. The molecular formula is C24H28BrN3O4. The second-order valence-corrected chi connectivity index (χ2v) is 9.17. The summed E-state index contributed by atoms with van der Waals surface area (Å²) >= 11 is 3.40. The molecule has 0 aliphatic rings. The first-order valence-electron chi connectivity index (χ1n) is 10.4. The van der Waals surface area contributed by atoms with Gasteiger partial charge in [0.1, 0.15) is 18.0 Å². The van der Waals surface area contributed by atoms with E-state index in [9.17, 15) is 9.59 Å². The normalized spacial score (nSPS) is 11.2. The first-order valence-corrected chi connectivity index (χ1v) is 11.2. The third-order valence-corrected chi connectivity index (χ3v) is 5.12. The van der Waals surface area contributed by atoms with Gasteiger partial charge >= 0.3 is 11.8 Å². The number of ether oxygens (including phenoxy) is 2. The van der Waals surface area contributed by atoms with Crippen molar-refractivity contribution in [3.63, 3.8) is 0 Å². The number of carbonyl (C=O) groups is 1. The lowest BCUT2D eigenvalue weighted by molar-refractivity contribution is 0.0219. The Morgan fingerprint density at radius 1 is 1.00 bits per heavy atom. The van der Waals surface area contributed by atoms with Crippen LogP contribution in [0.4, 0.5) is 4.79 Å². The number of hydrogen-bond acceptors (Lipinski definition) is 4. The Bertz CT molecular complexity index is 1070. The zero-order chi connectivity index (χ0) is 23.1. The minimum absolute atomic E-state index is 0.169. The van der Waals surface area contributed by atoms with Crippen LogP contribution in [0.3, 0.4) is 0 Å². The lowest BCUT2D eigenvalue weighted by Crippen LogP contribution is -2.41. The summed E-state index contributed by atoms with van der Waals surface area (Å²) in [5.74, 6) is 0.736. The van der Waals surface area contributed by atoms with Crippen LogP contribution in [0, 0.1) is 0 Å². The van der Waals surface area contributed by atoms with Crippen molar-refractivity contribution in [3.8, 4) is 11.4 Å². The van der Waals surface area contributed by atoms with Crippen LogP contribution in [0.2, 0.25) is 0 Å². The fourth-order valence-electron chi connectivity index (χ4n) is 3.02. The third-order valence-electron chi connectivity index (χ3n) is 4.59. The highest BCUT2D eigenvalue weighted by molar-refractivity contribution is 9.10. The zero-order valence-corrected chi connectivity index (χ0v) is 20.1. The first-order chi connectivity index (χ1) is 15.2. The summed E-state index contributed by atoms with van der Waals surface area (Å²) < 4.78 is 15.4. The Hall–Kier alpha value is -3.00. The molecule has 0 saturated heterocycles. The quantitative estimate of drug-likeness (QED) is 0.447. The van der Waals surface area contributed by atoms with Crippen LogP contribution >= 0.6 is 15.9 Å². The van der Waals surface area contributed by atoms with E-state index in [2.05, 4.69) is 15.9 Å². The monoisotopic (exact) mass is 501 g/mol. The number of hydrogen-bond donors (Lipinski definition) is 0. The maximum absolute atomic E-state index is 12.8. The lowest BCUT2D eigenvalue weighted by atomic mass is 10.2. The van der Waals surface area contributed by atoms with Crippen molar-refractivity contribution in [1.29, 1.82) is 0 Å². The molecule has 0 spiro atoms. The van der Waals surface area contributed by atoms with Gasteiger partial charge in [-0.25, -0.2) is 9.59 Å². The Balaban J connectivity index is 1.66. The largest absolute Gasteiger partial charge is 0.492 e. The molecule has 3 aromatic rings. The van der Waals surface area contributed by atoms with Crippen molar-refractivity contribution in [2.45, 2.75) is 32.9 Å². The van der Waals surface area contributed by atoms with Crippen LogP contribution in [0.1, 0.15) is 20.8 Å². The van der Waals surface area contributed by atoms with Crippen molar-refractivity contribution < 1.29 is 14.3 Å². The summed E-state index contributed by atoms with van der Waals surface area (Å²) in [5, 5.41) is 0. The van der Waals surface area contributed by atoms with Gasteiger partial charge in [-0.3, -0.25) is 9.13 Å². The van der Waals surface area contributed by atoms with E-state index in [0.717, 1.165) is 15.9 Å². The van der Waals surface area contributed by atoms with E-state index in [4.69, 9.17) is 9.47 Å². The summed E-state index contributed by atoms with van der Waals surface area (Å²) in [4.78, 5) is 27.1. The van der Waals surface area contributed by atoms with Gasteiger partial charge in [0, 0.05) is 30.0 Å². The predicted molar refractivity (Wildman–Crippen MR) is 127 cm³/mol. The number of imidazole rings is 1. The second-order valence-electron chi connectivity index (χ2n) is 8.25. The number of halogens is 1. The van der Waals surface area contributed by atoms with Gasteiger partial charge in [-0.05, 0) is 57.2 Å². The standard InChI is InChI=1S/C24H28BrN3O4/c1-24(2,3)32-23(30)27(17-18-31-21-7-5-4-6-8-21)14-13-26-15-16-28(22(26)29)20-11-9-19(25)10-12-20/h4-12,15-16H,13-14,17-18H2,1-3H3. The van der Waals surface area contributed by atoms with Crippen molar-refractivity contribution in [1.82, 2.24) is 14.0 Å². The van der Waals surface area contributed by atoms with Gasteiger partial charge in [-0.15, -0.1) is 0 Å². The predicted octanol–water partition coefficient (Wildman–Crippen LogP) is 4.72. The Kier molecular flexibility index (Phi) is 7.80. The Labute approximate surface area is 196 Å². The van der Waals surface area contributed by atoms with E-state index in [-0.39, 0.29) is 5.69 Å². The first kappa shape index (κ1) is 23.7. The van der Waals surface area contributed by atoms with Gasteiger partial charge in [-0.1, -0.05) is 34.1 Å². The van der Waals surface area contributed by atoms with E-state index in [1.54, 1.807) is 26.4 Å². The number of para-hydroxylation sites is 1. The molecule has 0 N–H and O–H groups in total. The number of carbonyl (C=O) groups excluding carboxylic acids is 1. The minimum Gasteiger partial charge on any atom is -0.492 e. The van der Waals surface area contributed by atoms with E-state index >= 15 is 0 Å². The Morgan fingerprint density at radius 2 is 1.69 bits per heavy atom. The van der Waals surface area contributed by atoms with Gasteiger partial charge < -0.3 is 14.4 Å². The van der Waals surface area contributed by atoms with Crippen LogP contribution in [0.25, 0.3) is 5.69 Å². The Morgan fingerprint density at radius 3 is 2.34 bits per heavy atom. The molecule has 0 fully saturated rings. The molecule has 3 rings (SSSR count). The molecule has 0 unspecified atom stereocenters. The molecule has 0 bridgehead atoms. The van der Waals surface area contributed by atoms with Gasteiger partial charge in [0.05, 0.1) is 12.2 Å². The molecule has 0 saturated carbocycles. The minimum atomic E-state index is -0.614. The average molecular weight is 502 g/mol. The molecule has 1 heterocycles. The van der Waals surface area contributed by atoms with Crippen molar-refractivity contribution in [2.75, 3.05) is 19.7 Å². The number of rotatable bonds is 8. The number of benzene rings is 2. The highest BCUT2D eigenvalue weighted by Gasteiger charge is 2.22. The molecule has 7 nitrogen and oxygen atoms in total. The maximum Gasteiger partial charge on any atom is 0.410 e. The number of amides is 1. The molecule has 1 amide bonds. The molecule has 1 aromatic heterocycles. The molecule has 32 heavy (non-hydrogen) atoms. The van der Waals surface area contributed by atoms with Crippen molar-refractivity contribution >= 4 is 22.0 Å². The van der Waals surface area contributed by atoms with Gasteiger partial charge in [0.15, 0.2) is 0 Å². The smallest absolute Gasteiger partial charge is 0.410 e. The number of aromatic nitrogens is 2. The second kappa shape index (κ2) is 10.5. The molecule has 0 radical (unpaired) electrons. The highest BCUT2D eigenvalue weighted by Crippen LogP contribution is 2.14. The fourth-order valence-corrected chi connectivity index (χ4v) is 3.29. The fraction of sp³-hybridized carbons (Fsp3) is 0.333. The van der Waals surface area contributed by atoms with Gasteiger partial charge in [0.2, 0.25) is 0 Å². The summed E-state index contributed by atoms with van der Waals surface area (Å²) in [6.07, 6.45) is 3.01. The van der Waals surface area contributed by atoms with Crippen molar-refractivity contribution in [3.05, 3.63) is 81.9 Å². The molecule has 170 valence electrons. The van der Waals surface area contributed by atoms with Crippen LogP contribution in [-0.2, 0) is 11.3 Å². The van der Waals surface area contributed by atoms with Crippen molar-refractivity contribution in [2.24, 2.45) is 0 Å². The molecule has 0 aliphatic heterocycles. The summed E-state index contributed by atoms with van der Waals surface area (Å²) in [6.45, 7) is 6.79. The number of nitrogens with zero attached hydrogens (tertiary/aromatic N) is 3. The molecule has 0 atom stereocenters. The topological polar surface area (TPSA) is 65.7 Å². The molecular weight excluding hydrogens is 474 g/mol. The molecule has 8 heteroatoms. The van der Waals surface area contributed by atoms with Crippen LogP contribution in [0.5, 0.6) is 5.75 Å². The van der Waals surface area contributed by atoms with E-state index in [0.29, 0.717) is 26.2 Å². The molecule has 0 aliphatic carbocycles. The molecule has 2 aromatic carbocycles. The summed E-state index contributed by atoms with van der Waals surface area (Å²) in [7, 11) is 0. The highest BCUT2D eigenvalue weighted by atomic mass is 79.9. The maximum atomic E-state index is 12.8. The van der Waals surface area contributed by atoms with E-state index in [1.807, 2.05) is 75.4 Å². The van der Waals surface area contributed by atoms with Gasteiger partial charge in [-0.2, -0.15) is 0 Å². The van der Waals surface area contributed by atoms with Crippen LogP contribution in [-0.4, -0.2) is 45.4 Å².